The molecule has 3 atom stereocenters. The van der Waals surface area contributed by atoms with Crippen LogP contribution in [0.3, 0.4) is 0 Å². The van der Waals surface area contributed by atoms with Gasteiger partial charge in [0.05, 0.1) is 6.04 Å². The molecule has 0 saturated heterocycles. The SMILES string of the molecule is CCC1CCCC(NC(C)c2ccc(Br)o2)C1. The molecule has 1 saturated carbocycles. The highest BCUT2D eigenvalue weighted by molar-refractivity contribution is 9.10. The summed E-state index contributed by atoms with van der Waals surface area (Å²) >= 11 is 3.35. The van der Waals surface area contributed by atoms with Crippen LogP contribution in [0, 0.1) is 5.92 Å². The van der Waals surface area contributed by atoms with Crippen LogP contribution in [0.5, 0.6) is 0 Å². The fourth-order valence-corrected chi connectivity index (χ4v) is 3.13. The Labute approximate surface area is 112 Å². The summed E-state index contributed by atoms with van der Waals surface area (Å²) in [5.41, 5.74) is 0. The van der Waals surface area contributed by atoms with Crippen LogP contribution in [0.15, 0.2) is 21.2 Å². The van der Waals surface area contributed by atoms with Crippen LogP contribution in [-0.2, 0) is 0 Å². The molecule has 1 aliphatic rings. The van der Waals surface area contributed by atoms with Crippen molar-refractivity contribution >= 4 is 15.9 Å². The molecule has 0 aliphatic heterocycles. The van der Waals surface area contributed by atoms with E-state index in [2.05, 4.69) is 35.1 Å². The van der Waals surface area contributed by atoms with E-state index in [4.69, 9.17) is 4.42 Å². The molecule has 0 bridgehead atoms. The number of halogens is 1. The second kappa shape index (κ2) is 6.05. The maximum absolute atomic E-state index is 5.59. The van der Waals surface area contributed by atoms with E-state index in [-0.39, 0.29) is 0 Å². The van der Waals surface area contributed by atoms with E-state index < -0.39 is 0 Å². The molecule has 0 spiro atoms. The molecule has 96 valence electrons. The molecule has 1 heterocycles. The lowest BCUT2D eigenvalue weighted by molar-refractivity contribution is 0.256. The first-order chi connectivity index (χ1) is 8.19. The highest BCUT2D eigenvalue weighted by Crippen LogP contribution is 2.28. The van der Waals surface area contributed by atoms with Gasteiger partial charge in [0.25, 0.3) is 0 Å². The zero-order valence-electron chi connectivity index (χ0n) is 10.7. The topological polar surface area (TPSA) is 25.2 Å². The van der Waals surface area contributed by atoms with Gasteiger partial charge in [-0.25, -0.2) is 0 Å². The number of hydrogen-bond acceptors (Lipinski definition) is 2. The summed E-state index contributed by atoms with van der Waals surface area (Å²) in [6, 6.07) is 4.97. The molecule has 1 N–H and O–H groups in total. The van der Waals surface area contributed by atoms with Crippen molar-refractivity contribution in [3.8, 4) is 0 Å². The lowest BCUT2D eigenvalue weighted by Gasteiger charge is -2.31. The molecule has 0 amide bonds. The second-order valence-electron chi connectivity index (χ2n) is 5.17. The monoisotopic (exact) mass is 299 g/mol. The quantitative estimate of drug-likeness (QED) is 0.874. The Morgan fingerprint density at radius 1 is 1.47 bits per heavy atom. The van der Waals surface area contributed by atoms with Gasteiger partial charge in [-0.3, -0.25) is 0 Å². The van der Waals surface area contributed by atoms with Crippen molar-refractivity contribution in [2.24, 2.45) is 5.92 Å². The third kappa shape index (κ3) is 3.59. The summed E-state index contributed by atoms with van der Waals surface area (Å²) < 4.78 is 6.41. The van der Waals surface area contributed by atoms with E-state index in [9.17, 15) is 0 Å². The van der Waals surface area contributed by atoms with Gasteiger partial charge in [0.1, 0.15) is 5.76 Å². The molecular weight excluding hydrogens is 278 g/mol. The van der Waals surface area contributed by atoms with Gasteiger partial charge in [0.15, 0.2) is 4.67 Å². The average molecular weight is 300 g/mol. The van der Waals surface area contributed by atoms with Crippen LogP contribution in [0.2, 0.25) is 0 Å². The molecule has 1 aromatic heterocycles. The minimum Gasteiger partial charge on any atom is -0.453 e. The normalized spacial score (nSPS) is 27.0. The molecule has 3 heteroatoms. The van der Waals surface area contributed by atoms with E-state index in [1.54, 1.807) is 0 Å². The number of hydrogen-bond donors (Lipinski definition) is 1. The standard InChI is InChI=1S/C14H22BrNO/c1-3-11-5-4-6-12(9-11)16-10(2)13-7-8-14(15)17-13/h7-8,10-12,16H,3-6,9H2,1-2H3. The number of furan rings is 1. The molecule has 2 nitrogen and oxygen atoms in total. The van der Waals surface area contributed by atoms with E-state index in [0.717, 1.165) is 16.3 Å². The van der Waals surface area contributed by atoms with Gasteiger partial charge in [0.2, 0.25) is 0 Å². The molecule has 0 radical (unpaired) electrons. The van der Waals surface area contributed by atoms with Gasteiger partial charge < -0.3 is 9.73 Å². The molecule has 1 aliphatic carbocycles. The molecule has 1 fully saturated rings. The van der Waals surface area contributed by atoms with Crippen LogP contribution < -0.4 is 5.32 Å². The lowest BCUT2D eigenvalue weighted by Crippen LogP contribution is -2.35. The minimum atomic E-state index is 0.307. The first kappa shape index (κ1) is 13.2. The smallest absolute Gasteiger partial charge is 0.169 e. The Morgan fingerprint density at radius 3 is 2.94 bits per heavy atom. The molecule has 17 heavy (non-hydrogen) atoms. The molecule has 0 aromatic carbocycles. The third-order valence-corrected chi connectivity index (χ3v) is 4.29. The highest BCUT2D eigenvalue weighted by atomic mass is 79.9. The van der Waals surface area contributed by atoms with Gasteiger partial charge in [-0.05, 0) is 53.7 Å². The zero-order valence-corrected chi connectivity index (χ0v) is 12.3. The zero-order chi connectivity index (χ0) is 12.3. The summed E-state index contributed by atoms with van der Waals surface area (Å²) in [5, 5.41) is 3.70. The number of rotatable bonds is 4. The summed E-state index contributed by atoms with van der Waals surface area (Å²) in [6.45, 7) is 4.49. The summed E-state index contributed by atoms with van der Waals surface area (Å²) in [7, 11) is 0. The Kier molecular flexibility index (Phi) is 4.69. The Morgan fingerprint density at radius 2 is 2.29 bits per heavy atom. The highest BCUT2D eigenvalue weighted by Gasteiger charge is 2.22. The van der Waals surface area contributed by atoms with Gasteiger partial charge in [-0.2, -0.15) is 0 Å². The maximum atomic E-state index is 5.59. The Hall–Kier alpha value is -0.280. The van der Waals surface area contributed by atoms with Crippen molar-refractivity contribution in [2.75, 3.05) is 0 Å². The van der Waals surface area contributed by atoms with Crippen LogP contribution in [-0.4, -0.2) is 6.04 Å². The molecule has 3 unspecified atom stereocenters. The van der Waals surface area contributed by atoms with Crippen molar-refractivity contribution in [1.82, 2.24) is 5.32 Å². The molecule has 1 aromatic rings. The second-order valence-corrected chi connectivity index (χ2v) is 5.95. The van der Waals surface area contributed by atoms with Crippen molar-refractivity contribution < 1.29 is 4.42 Å². The predicted octanol–water partition coefficient (Wildman–Crippen LogP) is 4.66. The first-order valence-electron chi connectivity index (χ1n) is 6.70. The first-order valence-corrected chi connectivity index (χ1v) is 7.49. The Balaban J connectivity index is 1.87. The lowest BCUT2D eigenvalue weighted by atomic mass is 9.84. The summed E-state index contributed by atoms with van der Waals surface area (Å²) in [4.78, 5) is 0. The van der Waals surface area contributed by atoms with Crippen molar-refractivity contribution in [3.05, 3.63) is 22.6 Å². The van der Waals surface area contributed by atoms with E-state index >= 15 is 0 Å². The van der Waals surface area contributed by atoms with Gasteiger partial charge in [-0.1, -0.05) is 26.2 Å². The Bertz CT molecular complexity index is 350. The van der Waals surface area contributed by atoms with Crippen LogP contribution in [0.4, 0.5) is 0 Å². The molecular formula is C14H22BrNO. The van der Waals surface area contributed by atoms with E-state index in [1.807, 2.05) is 12.1 Å². The van der Waals surface area contributed by atoms with Gasteiger partial charge >= 0.3 is 0 Å². The summed E-state index contributed by atoms with van der Waals surface area (Å²) in [6.07, 6.45) is 6.73. The van der Waals surface area contributed by atoms with Gasteiger partial charge in [-0.15, -0.1) is 0 Å². The van der Waals surface area contributed by atoms with Crippen LogP contribution >= 0.6 is 15.9 Å². The van der Waals surface area contributed by atoms with Gasteiger partial charge in [0, 0.05) is 6.04 Å². The van der Waals surface area contributed by atoms with Crippen LogP contribution in [0.1, 0.15) is 57.8 Å². The van der Waals surface area contributed by atoms with Crippen molar-refractivity contribution in [2.45, 2.75) is 58.0 Å². The average Bonchev–Trinajstić information content (AvgIpc) is 2.76. The number of nitrogens with one attached hydrogen (secondary N) is 1. The van der Waals surface area contributed by atoms with Crippen molar-refractivity contribution in [1.29, 1.82) is 0 Å². The maximum Gasteiger partial charge on any atom is 0.169 e. The minimum absolute atomic E-state index is 0.307. The molecule has 2 rings (SSSR count). The fraction of sp³-hybridized carbons (Fsp3) is 0.714. The van der Waals surface area contributed by atoms with Crippen LogP contribution in [0.25, 0.3) is 0 Å². The predicted molar refractivity (Wildman–Crippen MR) is 74.0 cm³/mol. The third-order valence-electron chi connectivity index (χ3n) is 3.87. The van der Waals surface area contributed by atoms with E-state index in [1.165, 1.54) is 32.1 Å². The largest absolute Gasteiger partial charge is 0.453 e. The van der Waals surface area contributed by atoms with E-state index in [0.29, 0.717) is 12.1 Å². The van der Waals surface area contributed by atoms with Crippen molar-refractivity contribution in [3.63, 3.8) is 0 Å². The fourth-order valence-electron chi connectivity index (χ4n) is 2.81. The summed E-state index contributed by atoms with van der Waals surface area (Å²) in [5.74, 6) is 1.94.